The number of likely N-dealkylation sites (N-methyl/N-ethyl adjacent to an activating group) is 1. The van der Waals surface area contributed by atoms with E-state index in [4.69, 9.17) is 5.73 Å². The predicted molar refractivity (Wildman–Crippen MR) is 75.1 cm³/mol. The van der Waals surface area contributed by atoms with Crippen LogP contribution in [0.1, 0.15) is 43.9 Å². The summed E-state index contributed by atoms with van der Waals surface area (Å²) in [5.41, 5.74) is 8.60. The summed E-state index contributed by atoms with van der Waals surface area (Å²) >= 11 is 0. The monoisotopic (exact) mass is 234 g/mol. The molecule has 0 heterocycles. The maximum atomic E-state index is 5.96. The fourth-order valence-electron chi connectivity index (χ4n) is 2.53. The van der Waals surface area contributed by atoms with Crippen molar-refractivity contribution >= 4 is 0 Å². The minimum absolute atomic E-state index is 0.333. The first-order valence-electron chi connectivity index (χ1n) is 6.62. The quantitative estimate of drug-likeness (QED) is 0.819. The molecular formula is C15H26N2. The molecule has 17 heavy (non-hydrogen) atoms. The van der Waals surface area contributed by atoms with Gasteiger partial charge < -0.3 is 5.73 Å². The zero-order valence-corrected chi connectivity index (χ0v) is 11.6. The largest absolute Gasteiger partial charge is 0.329 e. The maximum absolute atomic E-state index is 5.96. The van der Waals surface area contributed by atoms with Gasteiger partial charge in [-0.25, -0.2) is 0 Å². The van der Waals surface area contributed by atoms with Crippen LogP contribution in [0.3, 0.4) is 0 Å². The van der Waals surface area contributed by atoms with E-state index in [0.717, 1.165) is 0 Å². The average molecular weight is 234 g/mol. The lowest BCUT2D eigenvalue weighted by molar-refractivity contribution is 0.167. The van der Waals surface area contributed by atoms with Gasteiger partial charge in [0.05, 0.1) is 0 Å². The maximum Gasteiger partial charge on any atom is 0.0470 e. The summed E-state index contributed by atoms with van der Waals surface area (Å²) in [5.74, 6) is 0. The molecule has 0 fully saturated rings. The average Bonchev–Trinajstić information content (AvgIpc) is 2.31. The molecule has 2 heteroatoms. The van der Waals surface area contributed by atoms with Gasteiger partial charge in [0.2, 0.25) is 0 Å². The van der Waals surface area contributed by atoms with Gasteiger partial charge in [0.1, 0.15) is 0 Å². The van der Waals surface area contributed by atoms with Crippen molar-refractivity contribution in [1.82, 2.24) is 4.90 Å². The zero-order valence-electron chi connectivity index (χ0n) is 11.6. The third kappa shape index (κ3) is 3.55. The molecule has 2 N–H and O–H groups in total. The Labute approximate surface area is 106 Å². The molecular weight excluding hydrogens is 208 g/mol. The molecule has 0 aromatic heterocycles. The van der Waals surface area contributed by atoms with Gasteiger partial charge in [-0.3, -0.25) is 4.90 Å². The Hall–Kier alpha value is -0.860. The summed E-state index contributed by atoms with van der Waals surface area (Å²) in [6.45, 7) is 7.30. The minimum atomic E-state index is 0.333. The van der Waals surface area contributed by atoms with E-state index >= 15 is 0 Å². The van der Waals surface area contributed by atoms with E-state index in [0.29, 0.717) is 18.6 Å². The zero-order chi connectivity index (χ0) is 12.8. The molecule has 0 bridgehead atoms. The second kappa shape index (κ2) is 6.77. The second-order valence-electron chi connectivity index (χ2n) is 4.80. The van der Waals surface area contributed by atoms with Crippen LogP contribution >= 0.6 is 0 Å². The standard InChI is InChI=1S/C15H26N2/c1-5-14(6-2)17(4)15(11-16)13-9-7-8-12(3)10-13/h7-10,14-15H,5-6,11,16H2,1-4H3. The van der Waals surface area contributed by atoms with Gasteiger partial charge in [-0.1, -0.05) is 43.7 Å². The first kappa shape index (κ1) is 14.2. The molecule has 1 rings (SSSR count). The molecule has 0 saturated carbocycles. The Morgan fingerprint density at radius 1 is 1.24 bits per heavy atom. The summed E-state index contributed by atoms with van der Waals surface area (Å²) in [4.78, 5) is 2.43. The van der Waals surface area contributed by atoms with Crippen LogP contribution < -0.4 is 5.73 Å². The van der Waals surface area contributed by atoms with Crippen molar-refractivity contribution in [3.63, 3.8) is 0 Å². The fraction of sp³-hybridized carbons (Fsp3) is 0.600. The second-order valence-corrected chi connectivity index (χ2v) is 4.80. The highest BCUT2D eigenvalue weighted by Crippen LogP contribution is 2.23. The Morgan fingerprint density at radius 3 is 2.35 bits per heavy atom. The Morgan fingerprint density at radius 2 is 1.88 bits per heavy atom. The van der Waals surface area contributed by atoms with Gasteiger partial charge in [0.25, 0.3) is 0 Å². The van der Waals surface area contributed by atoms with E-state index in [2.05, 4.69) is 57.0 Å². The smallest absolute Gasteiger partial charge is 0.0470 e. The predicted octanol–water partition coefficient (Wildman–Crippen LogP) is 3.12. The van der Waals surface area contributed by atoms with Gasteiger partial charge in [0.15, 0.2) is 0 Å². The van der Waals surface area contributed by atoms with E-state index < -0.39 is 0 Å². The Kier molecular flexibility index (Phi) is 5.66. The van der Waals surface area contributed by atoms with Crippen LogP contribution in [-0.4, -0.2) is 24.5 Å². The molecule has 1 unspecified atom stereocenters. The molecule has 0 spiro atoms. The molecule has 0 amide bonds. The third-order valence-electron chi connectivity index (χ3n) is 3.66. The van der Waals surface area contributed by atoms with Crippen LogP contribution in [0.4, 0.5) is 0 Å². The van der Waals surface area contributed by atoms with Crippen molar-refractivity contribution in [3.05, 3.63) is 35.4 Å². The summed E-state index contributed by atoms with van der Waals surface area (Å²) in [6, 6.07) is 9.63. The molecule has 0 aliphatic carbocycles. The molecule has 0 saturated heterocycles. The molecule has 96 valence electrons. The van der Waals surface area contributed by atoms with Gasteiger partial charge in [0, 0.05) is 18.6 Å². The van der Waals surface area contributed by atoms with Crippen LogP contribution in [0.2, 0.25) is 0 Å². The molecule has 0 aliphatic rings. The van der Waals surface area contributed by atoms with Gasteiger partial charge >= 0.3 is 0 Å². The van der Waals surface area contributed by atoms with E-state index in [1.54, 1.807) is 0 Å². The van der Waals surface area contributed by atoms with Crippen molar-refractivity contribution in [2.75, 3.05) is 13.6 Å². The lowest BCUT2D eigenvalue weighted by Crippen LogP contribution is -2.38. The number of hydrogen-bond acceptors (Lipinski definition) is 2. The molecule has 0 aliphatic heterocycles. The van der Waals surface area contributed by atoms with Crippen LogP contribution in [0, 0.1) is 6.92 Å². The van der Waals surface area contributed by atoms with Gasteiger partial charge in [-0.15, -0.1) is 0 Å². The van der Waals surface area contributed by atoms with E-state index in [1.165, 1.54) is 24.0 Å². The topological polar surface area (TPSA) is 29.3 Å². The number of rotatable bonds is 6. The third-order valence-corrected chi connectivity index (χ3v) is 3.66. The van der Waals surface area contributed by atoms with Crippen LogP contribution in [-0.2, 0) is 0 Å². The highest BCUT2D eigenvalue weighted by molar-refractivity contribution is 5.25. The van der Waals surface area contributed by atoms with Crippen LogP contribution in [0.25, 0.3) is 0 Å². The number of nitrogens with two attached hydrogens (primary N) is 1. The lowest BCUT2D eigenvalue weighted by Gasteiger charge is -2.34. The fourth-order valence-corrected chi connectivity index (χ4v) is 2.53. The highest BCUT2D eigenvalue weighted by atomic mass is 15.2. The number of benzene rings is 1. The van der Waals surface area contributed by atoms with Gasteiger partial charge in [-0.2, -0.15) is 0 Å². The SMILES string of the molecule is CCC(CC)N(C)C(CN)c1cccc(C)c1. The normalized spacial score (nSPS) is 13.4. The molecule has 2 nitrogen and oxygen atoms in total. The number of nitrogens with zero attached hydrogens (tertiary/aromatic N) is 1. The van der Waals surface area contributed by atoms with Crippen molar-refractivity contribution < 1.29 is 0 Å². The first-order valence-corrected chi connectivity index (χ1v) is 6.62. The molecule has 0 radical (unpaired) electrons. The summed E-state index contributed by atoms with van der Waals surface area (Å²) < 4.78 is 0. The minimum Gasteiger partial charge on any atom is -0.329 e. The molecule has 1 aromatic carbocycles. The van der Waals surface area contributed by atoms with Crippen molar-refractivity contribution in [1.29, 1.82) is 0 Å². The van der Waals surface area contributed by atoms with Crippen molar-refractivity contribution in [2.24, 2.45) is 5.73 Å². The number of aryl methyl sites for hydroxylation is 1. The summed E-state index contributed by atoms with van der Waals surface area (Å²) in [5, 5.41) is 0. The molecule has 1 atom stereocenters. The van der Waals surface area contributed by atoms with Crippen molar-refractivity contribution in [3.8, 4) is 0 Å². The van der Waals surface area contributed by atoms with E-state index in [1.807, 2.05) is 0 Å². The summed E-state index contributed by atoms with van der Waals surface area (Å²) in [7, 11) is 2.19. The van der Waals surface area contributed by atoms with Crippen LogP contribution in [0.5, 0.6) is 0 Å². The first-order chi connectivity index (χ1) is 8.13. The van der Waals surface area contributed by atoms with Gasteiger partial charge in [-0.05, 0) is 32.4 Å². The van der Waals surface area contributed by atoms with Crippen LogP contribution in [0.15, 0.2) is 24.3 Å². The number of hydrogen-bond donors (Lipinski definition) is 1. The highest BCUT2D eigenvalue weighted by Gasteiger charge is 2.20. The summed E-state index contributed by atoms with van der Waals surface area (Å²) in [6.07, 6.45) is 2.35. The van der Waals surface area contributed by atoms with E-state index in [-0.39, 0.29) is 0 Å². The lowest BCUT2D eigenvalue weighted by atomic mass is 10.0. The Bertz CT molecular complexity index is 331. The van der Waals surface area contributed by atoms with Crippen molar-refractivity contribution in [2.45, 2.75) is 45.7 Å². The van der Waals surface area contributed by atoms with E-state index in [9.17, 15) is 0 Å². The molecule has 1 aromatic rings. The Balaban J connectivity index is 2.90.